The van der Waals surface area contributed by atoms with Crippen molar-refractivity contribution in [2.24, 2.45) is 5.10 Å². The van der Waals surface area contributed by atoms with E-state index in [9.17, 15) is 14.3 Å². The lowest BCUT2D eigenvalue weighted by molar-refractivity contribution is 0.0954. The van der Waals surface area contributed by atoms with Gasteiger partial charge in [0.15, 0.2) is 0 Å². The monoisotopic (exact) mass is 329 g/mol. The number of phenolic OH excluding ortho intramolecular Hbond substituents is 1. The Morgan fingerprint density at radius 3 is 2.62 bits per heavy atom. The summed E-state index contributed by atoms with van der Waals surface area (Å²) >= 11 is 0. The molecule has 24 heavy (non-hydrogen) atoms. The quantitative estimate of drug-likeness (QED) is 0.632. The highest BCUT2D eigenvalue weighted by Gasteiger charge is 2.07. The van der Waals surface area contributed by atoms with Gasteiger partial charge in [-0.2, -0.15) is 5.10 Å². The molecule has 0 aliphatic carbocycles. The van der Waals surface area contributed by atoms with Crippen LogP contribution in [0, 0.1) is 5.82 Å². The zero-order chi connectivity index (χ0) is 17.5. The lowest BCUT2D eigenvalue weighted by Crippen LogP contribution is -2.21. The molecule has 0 atom stereocenters. The minimum absolute atomic E-state index is 0.0724. The first-order valence-electron chi connectivity index (χ1n) is 7.72. The fraction of sp³-hybridized carbons (Fsp3) is 0.222. The van der Waals surface area contributed by atoms with Gasteiger partial charge in [0.25, 0.3) is 5.91 Å². The van der Waals surface area contributed by atoms with Crippen molar-refractivity contribution in [2.45, 2.75) is 13.8 Å². The number of hydrazone groups is 1. The maximum absolute atomic E-state index is 13.1. The van der Waals surface area contributed by atoms with Crippen LogP contribution in [-0.2, 0) is 0 Å². The molecule has 0 aromatic heterocycles. The largest absolute Gasteiger partial charge is 0.507 e. The zero-order valence-corrected chi connectivity index (χ0v) is 13.7. The van der Waals surface area contributed by atoms with Crippen LogP contribution in [-0.4, -0.2) is 30.3 Å². The molecule has 2 aromatic carbocycles. The number of nitrogens with zero attached hydrogens (tertiary/aromatic N) is 2. The number of benzene rings is 2. The van der Waals surface area contributed by atoms with Crippen molar-refractivity contribution in [3.8, 4) is 5.75 Å². The van der Waals surface area contributed by atoms with E-state index in [-0.39, 0.29) is 11.3 Å². The number of carbonyl (C=O) groups excluding carboxylic acids is 1. The first kappa shape index (κ1) is 17.5. The predicted octanol–water partition coefficient (Wildman–Crippen LogP) is 3.14. The van der Waals surface area contributed by atoms with E-state index in [1.165, 1.54) is 24.4 Å². The summed E-state index contributed by atoms with van der Waals surface area (Å²) in [5.41, 5.74) is 3.87. The number of nitrogens with one attached hydrogen (secondary N) is 1. The van der Waals surface area contributed by atoms with Crippen molar-refractivity contribution in [1.82, 2.24) is 5.43 Å². The highest BCUT2D eigenvalue weighted by molar-refractivity contribution is 5.95. The van der Waals surface area contributed by atoms with E-state index in [0.717, 1.165) is 24.8 Å². The molecule has 0 unspecified atom stereocenters. The molecule has 0 radical (unpaired) electrons. The Kier molecular flexibility index (Phi) is 5.89. The van der Waals surface area contributed by atoms with E-state index in [1.54, 1.807) is 12.1 Å². The maximum atomic E-state index is 13.1. The summed E-state index contributed by atoms with van der Waals surface area (Å²) in [7, 11) is 0. The molecule has 5 nitrogen and oxygen atoms in total. The average Bonchev–Trinajstić information content (AvgIpc) is 2.57. The van der Waals surface area contributed by atoms with Crippen molar-refractivity contribution in [2.75, 3.05) is 18.0 Å². The fourth-order valence-corrected chi connectivity index (χ4v) is 2.28. The molecule has 6 heteroatoms. The van der Waals surface area contributed by atoms with Gasteiger partial charge in [0.2, 0.25) is 0 Å². The summed E-state index contributed by atoms with van der Waals surface area (Å²) in [6, 6.07) is 10.6. The van der Waals surface area contributed by atoms with Crippen LogP contribution in [0.2, 0.25) is 0 Å². The van der Waals surface area contributed by atoms with Crippen LogP contribution in [0.15, 0.2) is 47.6 Å². The number of hydrogen-bond donors (Lipinski definition) is 2. The lowest BCUT2D eigenvalue weighted by Gasteiger charge is -2.21. The molecule has 0 heterocycles. The predicted molar refractivity (Wildman–Crippen MR) is 93.1 cm³/mol. The van der Waals surface area contributed by atoms with Gasteiger partial charge in [-0.15, -0.1) is 0 Å². The topological polar surface area (TPSA) is 64.9 Å². The molecule has 0 aliphatic heterocycles. The van der Waals surface area contributed by atoms with Crippen LogP contribution in [0.5, 0.6) is 5.75 Å². The number of amides is 1. The van der Waals surface area contributed by atoms with Crippen LogP contribution < -0.4 is 10.3 Å². The Balaban J connectivity index is 2.05. The van der Waals surface area contributed by atoms with Crippen LogP contribution >= 0.6 is 0 Å². The van der Waals surface area contributed by atoms with Gasteiger partial charge in [0, 0.05) is 36.0 Å². The second kappa shape index (κ2) is 8.10. The van der Waals surface area contributed by atoms with Gasteiger partial charge < -0.3 is 10.0 Å². The Bertz CT molecular complexity index is 743. The van der Waals surface area contributed by atoms with E-state index in [2.05, 4.69) is 15.4 Å². The van der Waals surface area contributed by atoms with Gasteiger partial charge in [-0.3, -0.25) is 4.79 Å². The molecule has 2 rings (SSSR count). The summed E-state index contributed by atoms with van der Waals surface area (Å²) in [6.07, 6.45) is 1.35. The highest BCUT2D eigenvalue weighted by atomic mass is 19.1. The number of aromatic hydroxyl groups is 1. The van der Waals surface area contributed by atoms with Crippen LogP contribution in [0.1, 0.15) is 29.8 Å². The Hall–Kier alpha value is -2.89. The van der Waals surface area contributed by atoms with Gasteiger partial charge in [-0.05, 0) is 44.2 Å². The number of hydrogen-bond acceptors (Lipinski definition) is 4. The maximum Gasteiger partial charge on any atom is 0.271 e. The summed E-state index contributed by atoms with van der Waals surface area (Å²) in [5, 5.41) is 13.9. The molecule has 0 saturated heterocycles. The molecule has 2 N–H and O–H groups in total. The van der Waals surface area contributed by atoms with E-state index >= 15 is 0 Å². The summed E-state index contributed by atoms with van der Waals surface area (Å²) < 4.78 is 13.1. The molecule has 0 fully saturated rings. The van der Waals surface area contributed by atoms with Gasteiger partial charge in [-0.1, -0.05) is 6.07 Å². The standard InChI is InChI=1S/C18H20FN3O2/c1-3-22(4-2)16-9-8-14(17(23)11-16)12-20-21-18(24)13-6-5-7-15(19)10-13/h5-12,23H,3-4H2,1-2H3,(H,21,24). The first-order chi connectivity index (χ1) is 11.5. The molecule has 0 spiro atoms. The lowest BCUT2D eigenvalue weighted by atomic mass is 10.2. The van der Waals surface area contributed by atoms with Crippen molar-refractivity contribution < 1.29 is 14.3 Å². The van der Waals surface area contributed by atoms with Crippen molar-refractivity contribution in [3.05, 3.63) is 59.4 Å². The summed E-state index contributed by atoms with van der Waals surface area (Å²) in [4.78, 5) is 13.9. The second-order valence-corrected chi connectivity index (χ2v) is 5.12. The number of halogens is 1. The fourth-order valence-electron chi connectivity index (χ4n) is 2.28. The Morgan fingerprint density at radius 1 is 1.25 bits per heavy atom. The summed E-state index contributed by atoms with van der Waals surface area (Å²) in [6.45, 7) is 5.76. The third-order valence-electron chi connectivity index (χ3n) is 3.60. The first-order valence-corrected chi connectivity index (χ1v) is 7.72. The third-order valence-corrected chi connectivity index (χ3v) is 3.60. The van der Waals surface area contributed by atoms with E-state index in [1.807, 2.05) is 19.9 Å². The van der Waals surface area contributed by atoms with Gasteiger partial charge in [0.05, 0.1) is 6.21 Å². The van der Waals surface area contributed by atoms with Crippen LogP contribution in [0.25, 0.3) is 0 Å². The van der Waals surface area contributed by atoms with Crippen molar-refractivity contribution in [3.63, 3.8) is 0 Å². The molecule has 0 saturated carbocycles. The van der Waals surface area contributed by atoms with Crippen LogP contribution in [0.3, 0.4) is 0 Å². The summed E-state index contributed by atoms with van der Waals surface area (Å²) in [5.74, 6) is -0.940. The molecule has 2 aromatic rings. The normalized spacial score (nSPS) is 10.8. The van der Waals surface area contributed by atoms with Crippen molar-refractivity contribution >= 4 is 17.8 Å². The van der Waals surface area contributed by atoms with Gasteiger partial charge >= 0.3 is 0 Å². The SMILES string of the molecule is CCN(CC)c1ccc(C=NNC(=O)c2cccc(F)c2)c(O)c1. The van der Waals surface area contributed by atoms with Gasteiger partial charge in [0.1, 0.15) is 11.6 Å². The Morgan fingerprint density at radius 2 is 2.00 bits per heavy atom. The molecular weight excluding hydrogens is 309 g/mol. The molecular formula is C18H20FN3O2. The average molecular weight is 329 g/mol. The zero-order valence-electron chi connectivity index (χ0n) is 13.7. The highest BCUT2D eigenvalue weighted by Crippen LogP contribution is 2.23. The van der Waals surface area contributed by atoms with Gasteiger partial charge in [-0.25, -0.2) is 9.82 Å². The second-order valence-electron chi connectivity index (χ2n) is 5.12. The number of phenols is 1. The minimum Gasteiger partial charge on any atom is -0.507 e. The minimum atomic E-state index is -0.523. The van der Waals surface area contributed by atoms with E-state index in [0.29, 0.717) is 5.56 Å². The third kappa shape index (κ3) is 4.32. The molecule has 126 valence electrons. The van der Waals surface area contributed by atoms with Crippen LogP contribution in [0.4, 0.5) is 10.1 Å². The number of rotatable bonds is 6. The number of anilines is 1. The molecule has 0 bridgehead atoms. The van der Waals surface area contributed by atoms with Crippen molar-refractivity contribution in [1.29, 1.82) is 0 Å². The number of carbonyl (C=O) groups is 1. The molecule has 0 aliphatic rings. The van der Waals surface area contributed by atoms with E-state index < -0.39 is 11.7 Å². The smallest absolute Gasteiger partial charge is 0.271 e. The molecule has 1 amide bonds. The Labute approximate surface area is 140 Å². The van der Waals surface area contributed by atoms with E-state index in [4.69, 9.17) is 0 Å².